The Morgan fingerprint density at radius 3 is 2.48 bits per heavy atom. The van der Waals surface area contributed by atoms with E-state index in [-0.39, 0.29) is 23.6 Å². The average Bonchev–Trinajstić information content (AvgIpc) is 3.21. The first-order valence-electron chi connectivity index (χ1n) is 10.0. The second kappa shape index (κ2) is 8.69. The van der Waals surface area contributed by atoms with Gasteiger partial charge in [-0.2, -0.15) is 13.2 Å². The Hall–Kier alpha value is -2.16. The van der Waals surface area contributed by atoms with Crippen molar-refractivity contribution in [3.05, 3.63) is 39.4 Å². The molecule has 6 nitrogen and oxygen atoms in total. The van der Waals surface area contributed by atoms with E-state index in [1.807, 2.05) is 0 Å². The molecule has 0 spiro atoms. The fraction of sp³-hybridized carbons (Fsp3) is 0.650. The van der Waals surface area contributed by atoms with E-state index in [4.69, 9.17) is 0 Å². The minimum atomic E-state index is -4.85. The Kier molecular flexibility index (Phi) is 6.45. The van der Waals surface area contributed by atoms with Gasteiger partial charge in [0.05, 0.1) is 11.3 Å². The summed E-state index contributed by atoms with van der Waals surface area (Å²) in [5.74, 6) is -0.386. The van der Waals surface area contributed by atoms with Crippen molar-refractivity contribution in [1.29, 1.82) is 0 Å². The Balaban J connectivity index is 1.81. The van der Waals surface area contributed by atoms with E-state index in [0.29, 0.717) is 6.07 Å². The van der Waals surface area contributed by atoms with Gasteiger partial charge in [-0.15, -0.1) is 0 Å². The highest BCUT2D eigenvalue weighted by Crippen LogP contribution is 2.38. The molecule has 1 aliphatic heterocycles. The molecule has 160 valence electrons. The van der Waals surface area contributed by atoms with Gasteiger partial charge in [-0.25, -0.2) is 0 Å². The van der Waals surface area contributed by atoms with Crippen LogP contribution in [-0.4, -0.2) is 52.9 Å². The fourth-order valence-corrected chi connectivity index (χ4v) is 4.69. The molecule has 1 saturated carbocycles. The van der Waals surface area contributed by atoms with Gasteiger partial charge in [-0.3, -0.25) is 19.8 Å². The second-order valence-corrected chi connectivity index (χ2v) is 7.91. The predicted octanol–water partition coefficient (Wildman–Crippen LogP) is 4.02. The molecule has 0 radical (unpaired) electrons. The van der Waals surface area contributed by atoms with Gasteiger partial charge in [0.1, 0.15) is 5.56 Å². The lowest BCUT2D eigenvalue weighted by atomic mass is 9.88. The molecule has 1 heterocycles. The van der Waals surface area contributed by atoms with E-state index < -0.39 is 28.8 Å². The molecular weight excluding hydrogens is 387 g/mol. The van der Waals surface area contributed by atoms with Gasteiger partial charge < -0.3 is 4.90 Å². The third kappa shape index (κ3) is 4.71. The molecule has 9 heteroatoms. The van der Waals surface area contributed by atoms with Gasteiger partial charge in [-0.1, -0.05) is 25.0 Å². The van der Waals surface area contributed by atoms with E-state index in [2.05, 4.69) is 4.90 Å². The lowest BCUT2D eigenvalue weighted by molar-refractivity contribution is -0.388. The van der Waals surface area contributed by atoms with Crippen molar-refractivity contribution >= 4 is 11.6 Å². The molecule has 2 aliphatic rings. The number of alkyl halides is 3. The number of benzene rings is 1. The van der Waals surface area contributed by atoms with Crippen LogP contribution >= 0.6 is 0 Å². The van der Waals surface area contributed by atoms with Gasteiger partial charge in [-0.05, 0) is 44.8 Å². The SMILES string of the molecule is CN(C(=O)Cc1cccc(C(F)(F)F)c1[N+](=O)[O-])[C@@H]1CCCC[C@H]1N1CCCC1. The molecular formula is C20H26F3N3O3. The standard InChI is InChI=1S/C20H26F3N3O3/c1-24(16-9-2-3-10-17(16)25-11-4-5-12-25)18(27)13-14-7-6-8-15(20(21,22)23)19(14)26(28)29/h6-8,16-17H,2-5,9-13H2,1H3/t16-,17-/m1/s1. The van der Waals surface area contributed by atoms with Crippen molar-refractivity contribution in [2.75, 3.05) is 20.1 Å². The molecule has 29 heavy (non-hydrogen) atoms. The number of amides is 1. The summed E-state index contributed by atoms with van der Waals surface area (Å²) in [5.41, 5.74) is -2.54. The van der Waals surface area contributed by atoms with Crippen molar-refractivity contribution in [2.24, 2.45) is 0 Å². The van der Waals surface area contributed by atoms with E-state index in [1.165, 1.54) is 6.07 Å². The number of nitro groups is 1. The summed E-state index contributed by atoms with van der Waals surface area (Å²) in [5, 5.41) is 11.3. The van der Waals surface area contributed by atoms with Crippen LogP contribution in [0.3, 0.4) is 0 Å². The number of para-hydroxylation sites is 1. The minimum absolute atomic E-state index is 0.0146. The third-order valence-electron chi connectivity index (χ3n) is 6.14. The number of halogens is 3. The number of nitro benzene ring substituents is 1. The quantitative estimate of drug-likeness (QED) is 0.540. The number of nitrogens with zero attached hydrogens (tertiary/aromatic N) is 3. The first-order valence-corrected chi connectivity index (χ1v) is 10.0. The maximum absolute atomic E-state index is 13.2. The molecule has 1 aliphatic carbocycles. The molecule has 1 aromatic carbocycles. The van der Waals surface area contributed by atoms with Crippen LogP contribution in [0.1, 0.15) is 49.7 Å². The van der Waals surface area contributed by atoms with Crippen molar-refractivity contribution in [2.45, 2.75) is 63.2 Å². The van der Waals surface area contributed by atoms with Crippen molar-refractivity contribution < 1.29 is 22.9 Å². The van der Waals surface area contributed by atoms with Crippen LogP contribution in [0.15, 0.2) is 18.2 Å². The molecule has 2 atom stereocenters. The molecule has 0 aromatic heterocycles. The van der Waals surface area contributed by atoms with Gasteiger partial charge >= 0.3 is 6.18 Å². The fourth-order valence-electron chi connectivity index (χ4n) is 4.69. The lowest BCUT2D eigenvalue weighted by Gasteiger charge is -2.42. The molecule has 1 saturated heterocycles. The van der Waals surface area contributed by atoms with Crippen LogP contribution in [0, 0.1) is 10.1 Å². The lowest BCUT2D eigenvalue weighted by Crippen LogP contribution is -2.53. The number of carbonyl (C=O) groups excluding carboxylic acids is 1. The van der Waals surface area contributed by atoms with Crippen LogP contribution < -0.4 is 0 Å². The van der Waals surface area contributed by atoms with E-state index >= 15 is 0 Å². The number of rotatable bonds is 5. The average molecular weight is 413 g/mol. The monoisotopic (exact) mass is 413 g/mol. The van der Waals surface area contributed by atoms with Crippen molar-refractivity contribution in [3.63, 3.8) is 0 Å². The molecule has 1 aromatic rings. The van der Waals surface area contributed by atoms with E-state index in [0.717, 1.165) is 57.7 Å². The molecule has 0 N–H and O–H groups in total. The first kappa shape index (κ1) is 21.5. The highest BCUT2D eigenvalue weighted by molar-refractivity contribution is 5.80. The molecule has 0 bridgehead atoms. The van der Waals surface area contributed by atoms with Crippen LogP contribution in [-0.2, 0) is 17.4 Å². The van der Waals surface area contributed by atoms with E-state index in [1.54, 1.807) is 11.9 Å². The smallest absolute Gasteiger partial charge is 0.341 e. The van der Waals surface area contributed by atoms with Crippen molar-refractivity contribution in [3.8, 4) is 0 Å². The Morgan fingerprint density at radius 1 is 1.21 bits per heavy atom. The van der Waals surface area contributed by atoms with Crippen LogP contribution in [0.4, 0.5) is 18.9 Å². The number of hydrogen-bond acceptors (Lipinski definition) is 4. The number of carbonyl (C=O) groups is 1. The summed E-state index contributed by atoms with van der Waals surface area (Å²) in [6.07, 6.45) is 0.932. The normalized spacial score (nSPS) is 23.2. The summed E-state index contributed by atoms with van der Waals surface area (Å²) in [4.78, 5) is 27.2. The van der Waals surface area contributed by atoms with Gasteiger partial charge in [0.2, 0.25) is 5.91 Å². The zero-order chi connectivity index (χ0) is 21.2. The van der Waals surface area contributed by atoms with Crippen LogP contribution in [0.2, 0.25) is 0 Å². The summed E-state index contributed by atoms with van der Waals surface area (Å²) in [7, 11) is 1.67. The summed E-state index contributed by atoms with van der Waals surface area (Å²) in [6, 6.07) is 3.26. The molecule has 0 unspecified atom stereocenters. The number of likely N-dealkylation sites (tertiary alicyclic amines) is 1. The summed E-state index contributed by atoms with van der Waals surface area (Å²) >= 11 is 0. The van der Waals surface area contributed by atoms with Gasteiger partial charge in [0, 0.05) is 24.7 Å². The molecule has 2 fully saturated rings. The topological polar surface area (TPSA) is 66.7 Å². The number of likely N-dealkylation sites (N-methyl/N-ethyl adjacent to an activating group) is 1. The number of hydrogen-bond donors (Lipinski definition) is 0. The van der Waals surface area contributed by atoms with Crippen molar-refractivity contribution in [1.82, 2.24) is 9.80 Å². The predicted molar refractivity (Wildman–Crippen MR) is 101 cm³/mol. The van der Waals surface area contributed by atoms with Gasteiger partial charge in [0.15, 0.2) is 0 Å². The Labute approximate surface area is 167 Å². The Morgan fingerprint density at radius 2 is 1.86 bits per heavy atom. The maximum Gasteiger partial charge on any atom is 0.423 e. The molecule has 3 rings (SSSR count). The Bertz CT molecular complexity index is 763. The highest BCUT2D eigenvalue weighted by Gasteiger charge is 2.40. The largest absolute Gasteiger partial charge is 0.423 e. The summed E-state index contributed by atoms with van der Waals surface area (Å²) in [6.45, 7) is 2.00. The molecule has 1 amide bonds. The van der Waals surface area contributed by atoms with Gasteiger partial charge in [0.25, 0.3) is 5.69 Å². The maximum atomic E-state index is 13.2. The van der Waals surface area contributed by atoms with Crippen LogP contribution in [0.25, 0.3) is 0 Å². The second-order valence-electron chi connectivity index (χ2n) is 7.91. The third-order valence-corrected chi connectivity index (χ3v) is 6.14. The van der Waals surface area contributed by atoms with E-state index in [9.17, 15) is 28.1 Å². The zero-order valence-corrected chi connectivity index (χ0v) is 16.5. The zero-order valence-electron chi connectivity index (χ0n) is 16.5. The summed E-state index contributed by atoms with van der Waals surface area (Å²) < 4.78 is 39.6. The highest BCUT2D eigenvalue weighted by atomic mass is 19.4. The minimum Gasteiger partial charge on any atom is -0.341 e. The van der Waals surface area contributed by atoms with Crippen LogP contribution in [0.5, 0.6) is 0 Å². The first-order chi connectivity index (χ1) is 13.7.